The van der Waals surface area contributed by atoms with Gasteiger partial charge in [-0.3, -0.25) is 0 Å². The van der Waals surface area contributed by atoms with Crippen LogP contribution < -0.4 is 0 Å². The van der Waals surface area contributed by atoms with Crippen LogP contribution in [0.25, 0.3) is 0 Å². The normalized spacial score (nSPS) is 8.62. The van der Waals surface area contributed by atoms with E-state index in [4.69, 9.17) is 0 Å². The first-order valence-electron chi connectivity index (χ1n) is 3.35. The summed E-state index contributed by atoms with van der Waals surface area (Å²) in [5.41, 5.74) is 0. The molecule has 0 heterocycles. The van der Waals surface area contributed by atoms with Crippen LogP contribution in [-0.4, -0.2) is 7.15 Å². The summed E-state index contributed by atoms with van der Waals surface area (Å²) in [6.07, 6.45) is 5.57. The Morgan fingerprint density at radius 3 is 2.50 bits per heavy atom. The van der Waals surface area contributed by atoms with Crippen LogP contribution in [0.15, 0.2) is 0 Å². The van der Waals surface area contributed by atoms with Crippen molar-refractivity contribution in [2.75, 3.05) is 0 Å². The molecule has 0 spiro atoms. The molecule has 8 heavy (non-hydrogen) atoms. The molecule has 2 heteroatoms. The molecule has 0 radical (unpaired) electrons. The molecule has 0 fully saturated rings. The molecule has 0 aliphatic rings. The van der Waals surface area contributed by atoms with Crippen LogP contribution in [0.2, 0.25) is 6.32 Å². The van der Waals surface area contributed by atoms with Gasteiger partial charge in [0.25, 0.3) is 0 Å². The van der Waals surface area contributed by atoms with Crippen molar-refractivity contribution in [2.24, 2.45) is 0 Å². The monoisotopic (exact) mass is 112 g/mol. The van der Waals surface area contributed by atoms with Crippen LogP contribution in [0.1, 0.15) is 32.6 Å². The predicted octanol–water partition coefficient (Wildman–Crippen LogP) is 2.03. The fourth-order valence-corrected chi connectivity index (χ4v) is 0.654. The molecule has 1 nitrogen and oxygen atoms in total. The molecule has 0 aliphatic carbocycles. The van der Waals surface area contributed by atoms with Crippen molar-refractivity contribution >= 4 is 7.15 Å². The van der Waals surface area contributed by atoms with Crippen LogP contribution in [-0.2, 0) is 4.70 Å². The maximum atomic E-state index is 9.77. The van der Waals surface area contributed by atoms with Crippen molar-refractivity contribution in [1.29, 1.82) is 0 Å². The van der Waals surface area contributed by atoms with Gasteiger partial charge in [0, 0.05) is 0 Å². The molecule has 0 atom stereocenters. The predicted molar refractivity (Wildman–Crippen MR) is 35.4 cm³/mol. The van der Waals surface area contributed by atoms with Gasteiger partial charge >= 0.3 is 50.8 Å². The first-order chi connectivity index (χ1) is 3.91. The van der Waals surface area contributed by atoms with Crippen molar-refractivity contribution in [3.8, 4) is 0 Å². The Bertz CT molecular complexity index is 54.5. The molecule has 0 saturated heterocycles. The first-order valence-corrected chi connectivity index (χ1v) is 3.35. The summed E-state index contributed by atoms with van der Waals surface area (Å²) in [4.78, 5) is 0. The first kappa shape index (κ1) is 7.86. The summed E-state index contributed by atoms with van der Waals surface area (Å²) in [6, 6.07) is 0. The summed E-state index contributed by atoms with van der Waals surface area (Å²) in [7, 11) is 0.996. The van der Waals surface area contributed by atoms with Gasteiger partial charge in [0.15, 0.2) is 0 Å². The summed E-state index contributed by atoms with van der Waals surface area (Å²) in [6.45, 7) is 2.17. The van der Waals surface area contributed by atoms with Crippen molar-refractivity contribution in [3.05, 3.63) is 0 Å². The van der Waals surface area contributed by atoms with E-state index in [-0.39, 0.29) is 0 Å². The molecule has 0 aliphatic heterocycles. The van der Waals surface area contributed by atoms with Gasteiger partial charge in [-0.2, -0.15) is 0 Å². The van der Waals surface area contributed by atoms with Crippen molar-refractivity contribution in [3.63, 3.8) is 0 Å². The van der Waals surface area contributed by atoms with E-state index in [1.165, 1.54) is 19.3 Å². The zero-order chi connectivity index (χ0) is 6.24. The number of hydrogen-bond donors (Lipinski definition) is 0. The zero-order valence-corrected chi connectivity index (χ0v) is 5.52. The molecular weight excluding hydrogens is 98.9 g/mol. The van der Waals surface area contributed by atoms with E-state index in [1.807, 2.05) is 0 Å². The molecule has 0 amide bonds. The average molecular weight is 112 g/mol. The quantitative estimate of drug-likeness (QED) is 0.392. The third-order valence-electron chi connectivity index (χ3n) is 1.18. The van der Waals surface area contributed by atoms with Crippen molar-refractivity contribution in [2.45, 2.75) is 38.9 Å². The van der Waals surface area contributed by atoms with Gasteiger partial charge in [0.1, 0.15) is 0 Å². The number of unbranched alkanes of at least 4 members (excludes halogenated alkanes) is 3. The molecule has 0 N–H and O–H groups in total. The number of rotatable bonds is 5. The van der Waals surface area contributed by atoms with Gasteiger partial charge in [0.05, 0.1) is 0 Å². The van der Waals surface area contributed by atoms with Crippen LogP contribution in [0.5, 0.6) is 0 Å². The van der Waals surface area contributed by atoms with Gasteiger partial charge in [0.2, 0.25) is 0 Å². The second kappa shape index (κ2) is 6.86. The minimum atomic E-state index is 0.750. The third-order valence-corrected chi connectivity index (χ3v) is 1.18. The Kier molecular flexibility index (Phi) is 6.75. The number of hydrogen-bond acceptors (Lipinski definition) is 1. The zero-order valence-electron chi connectivity index (χ0n) is 5.52. The molecule has 0 bridgehead atoms. The van der Waals surface area contributed by atoms with E-state index >= 15 is 0 Å². The SMILES string of the molecule is CCCCCCB=O. The van der Waals surface area contributed by atoms with Crippen molar-refractivity contribution < 1.29 is 4.70 Å². The van der Waals surface area contributed by atoms with E-state index in [2.05, 4.69) is 6.92 Å². The summed E-state index contributed by atoms with van der Waals surface area (Å²) in [5, 5.41) is 0. The Morgan fingerprint density at radius 1 is 1.25 bits per heavy atom. The molecule has 0 aromatic carbocycles. The molecule has 46 valence electrons. The van der Waals surface area contributed by atoms with Gasteiger partial charge in [-0.25, -0.2) is 0 Å². The van der Waals surface area contributed by atoms with E-state index in [1.54, 1.807) is 0 Å². The Hall–Kier alpha value is -0.135. The van der Waals surface area contributed by atoms with Crippen molar-refractivity contribution in [1.82, 2.24) is 0 Å². The molecular formula is C6H13BO. The Labute approximate surface area is 51.7 Å². The van der Waals surface area contributed by atoms with Crippen LogP contribution in [0.4, 0.5) is 0 Å². The summed E-state index contributed by atoms with van der Waals surface area (Å²) >= 11 is 0. The Balaban J connectivity index is 2.62. The van der Waals surface area contributed by atoms with Gasteiger partial charge in [-0.1, -0.05) is 0 Å². The molecule has 0 saturated carbocycles. The summed E-state index contributed by atoms with van der Waals surface area (Å²) in [5.74, 6) is 0. The second-order valence-electron chi connectivity index (χ2n) is 2.02. The molecule has 0 aromatic heterocycles. The van der Waals surface area contributed by atoms with E-state index in [0.29, 0.717) is 0 Å². The topological polar surface area (TPSA) is 17.1 Å². The average Bonchev–Trinajstić information content (AvgIpc) is 1.81. The summed E-state index contributed by atoms with van der Waals surface area (Å²) < 4.78 is 9.77. The van der Waals surface area contributed by atoms with Gasteiger partial charge in [-0.15, -0.1) is 0 Å². The van der Waals surface area contributed by atoms with Crippen LogP contribution in [0, 0.1) is 0 Å². The van der Waals surface area contributed by atoms with Crippen LogP contribution in [0.3, 0.4) is 0 Å². The third kappa shape index (κ3) is 5.86. The van der Waals surface area contributed by atoms with E-state index in [9.17, 15) is 4.70 Å². The standard InChI is InChI=1S/C6H13BO/c1-2-3-4-5-6-7-8/h2-6H2,1H3. The van der Waals surface area contributed by atoms with Gasteiger partial charge < -0.3 is 0 Å². The second-order valence-corrected chi connectivity index (χ2v) is 2.02. The van der Waals surface area contributed by atoms with E-state index in [0.717, 1.165) is 19.9 Å². The molecule has 0 aromatic rings. The Morgan fingerprint density at radius 2 is 2.00 bits per heavy atom. The fourth-order valence-electron chi connectivity index (χ4n) is 0.654. The minimum absolute atomic E-state index is 0.750. The van der Waals surface area contributed by atoms with Gasteiger partial charge in [-0.05, 0) is 0 Å². The molecule has 0 unspecified atom stereocenters. The van der Waals surface area contributed by atoms with E-state index < -0.39 is 0 Å². The maximum absolute atomic E-state index is 9.77. The molecule has 0 rings (SSSR count). The fraction of sp³-hybridized carbons (Fsp3) is 1.00. The van der Waals surface area contributed by atoms with Crippen LogP contribution >= 0.6 is 0 Å².